The van der Waals surface area contributed by atoms with Crippen LogP contribution in [0.2, 0.25) is 0 Å². The van der Waals surface area contributed by atoms with Crippen LogP contribution in [0.4, 0.5) is 0 Å². The van der Waals surface area contributed by atoms with E-state index < -0.39 is 0 Å². The summed E-state index contributed by atoms with van der Waals surface area (Å²) in [6.07, 6.45) is 9.82. The molecule has 16 heavy (non-hydrogen) atoms. The van der Waals surface area contributed by atoms with Crippen LogP contribution >= 0.6 is 0 Å². The van der Waals surface area contributed by atoms with Crippen LogP contribution in [-0.4, -0.2) is 35.2 Å². The maximum absolute atomic E-state index is 9.63. The molecule has 2 aliphatic rings. The van der Waals surface area contributed by atoms with E-state index in [1.54, 1.807) is 0 Å². The lowest BCUT2D eigenvalue weighted by Gasteiger charge is -2.46. The average Bonchev–Trinajstić information content (AvgIpc) is 2.30. The van der Waals surface area contributed by atoms with Crippen LogP contribution in [0.3, 0.4) is 0 Å². The monoisotopic (exact) mass is 225 g/mol. The number of nitrogens with zero attached hydrogens (tertiary/aromatic N) is 1. The highest BCUT2D eigenvalue weighted by Crippen LogP contribution is 2.44. The van der Waals surface area contributed by atoms with Crippen molar-refractivity contribution in [2.45, 2.75) is 70.9 Å². The molecule has 2 heteroatoms. The Labute approximate surface area is 100 Å². The minimum atomic E-state index is -0.194. The fraction of sp³-hybridized carbons (Fsp3) is 1.00. The summed E-state index contributed by atoms with van der Waals surface area (Å²) in [5, 5.41) is 9.63. The molecule has 1 spiro atoms. The van der Waals surface area contributed by atoms with Crippen LogP contribution in [0.25, 0.3) is 0 Å². The Hall–Kier alpha value is -0.0800. The molecule has 2 nitrogen and oxygen atoms in total. The molecule has 0 aromatic heterocycles. The molecule has 94 valence electrons. The van der Waals surface area contributed by atoms with Gasteiger partial charge in [0.15, 0.2) is 0 Å². The fourth-order valence-corrected chi connectivity index (χ4v) is 3.51. The molecule has 1 N–H and O–H groups in total. The van der Waals surface area contributed by atoms with E-state index in [0.29, 0.717) is 11.5 Å². The summed E-state index contributed by atoms with van der Waals surface area (Å²) in [6.45, 7) is 6.47. The Balaban J connectivity index is 1.86. The number of piperidine rings is 1. The summed E-state index contributed by atoms with van der Waals surface area (Å²) in [7, 11) is 0. The van der Waals surface area contributed by atoms with Crippen LogP contribution in [0, 0.1) is 5.41 Å². The van der Waals surface area contributed by atoms with E-state index in [0.717, 1.165) is 0 Å². The van der Waals surface area contributed by atoms with E-state index >= 15 is 0 Å². The zero-order chi connectivity index (χ0) is 11.6. The highest BCUT2D eigenvalue weighted by Gasteiger charge is 2.36. The Morgan fingerprint density at radius 1 is 0.938 bits per heavy atom. The second-order valence-corrected chi connectivity index (χ2v) is 6.08. The van der Waals surface area contributed by atoms with Gasteiger partial charge in [-0.05, 0) is 58.0 Å². The lowest BCUT2D eigenvalue weighted by atomic mass is 9.68. The maximum Gasteiger partial charge on any atom is 0.0664 e. The first-order chi connectivity index (χ1) is 7.63. The lowest BCUT2D eigenvalue weighted by molar-refractivity contribution is 0.00934. The summed E-state index contributed by atoms with van der Waals surface area (Å²) in [6, 6.07) is 0.334. The number of hydrogen-bond acceptors (Lipinski definition) is 2. The van der Waals surface area contributed by atoms with Crippen molar-refractivity contribution in [3.63, 3.8) is 0 Å². The predicted molar refractivity (Wildman–Crippen MR) is 67.5 cm³/mol. The normalized spacial score (nSPS) is 30.2. The molecule has 1 aliphatic heterocycles. The highest BCUT2D eigenvalue weighted by atomic mass is 16.3. The van der Waals surface area contributed by atoms with Gasteiger partial charge in [0.2, 0.25) is 0 Å². The number of rotatable bonds is 2. The number of aliphatic hydroxyl groups excluding tert-OH is 1. The molecule has 0 bridgehead atoms. The largest absolute Gasteiger partial charge is 0.392 e. The van der Waals surface area contributed by atoms with Crippen molar-refractivity contribution in [1.29, 1.82) is 0 Å². The van der Waals surface area contributed by atoms with E-state index in [2.05, 4.69) is 11.8 Å². The van der Waals surface area contributed by atoms with Crippen molar-refractivity contribution in [3.8, 4) is 0 Å². The van der Waals surface area contributed by atoms with Crippen molar-refractivity contribution in [2.24, 2.45) is 5.41 Å². The standard InChI is InChI=1S/C14H27NO/c1-12(13(2)16)15-10-8-14(9-11-15)6-4-3-5-7-14/h12-13,16H,3-11H2,1-2H3. The van der Waals surface area contributed by atoms with Crippen LogP contribution < -0.4 is 0 Å². The first-order valence-electron chi connectivity index (χ1n) is 7.05. The average molecular weight is 225 g/mol. The molecule has 1 saturated carbocycles. The van der Waals surface area contributed by atoms with Gasteiger partial charge in [-0.2, -0.15) is 0 Å². The molecular weight excluding hydrogens is 198 g/mol. The van der Waals surface area contributed by atoms with Crippen molar-refractivity contribution in [1.82, 2.24) is 4.90 Å². The van der Waals surface area contributed by atoms with Crippen molar-refractivity contribution in [2.75, 3.05) is 13.1 Å². The van der Waals surface area contributed by atoms with Gasteiger partial charge in [0, 0.05) is 6.04 Å². The van der Waals surface area contributed by atoms with Gasteiger partial charge in [-0.15, -0.1) is 0 Å². The van der Waals surface area contributed by atoms with Gasteiger partial charge in [0.1, 0.15) is 0 Å². The van der Waals surface area contributed by atoms with Gasteiger partial charge in [-0.25, -0.2) is 0 Å². The van der Waals surface area contributed by atoms with Crippen LogP contribution in [0.1, 0.15) is 58.8 Å². The first kappa shape index (κ1) is 12.4. The third-order valence-electron chi connectivity index (χ3n) is 5.05. The van der Waals surface area contributed by atoms with Crippen LogP contribution in [-0.2, 0) is 0 Å². The van der Waals surface area contributed by atoms with E-state index in [4.69, 9.17) is 0 Å². The zero-order valence-electron chi connectivity index (χ0n) is 10.9. The Bertz CT molecular complexity index is 211. The molecule has 2 unspecified atom stereocenters. The molecule has 1 aliphatic carbocycles. The molecule has 1 heterocycles. The second kappa shape index (κ2) is 5.05. The van der Waals surface area contributed by atoms with E-state index in [1.807, 2.05) is 6.92 Å². The smallest absolute Gasteiger partial charge is 0.0664 e. The molecule has 2 atom stereocenters. The third-order valence-corrected chi connectivity index (χ3v) is 5.05. The summed E-state index contributed by atoms with van der Waals surface area (Å²) >= 11 is 0. The van der Waals surface area contributed by atoms with Crippen molar-refractivity contribution >= 4 is 0 Å². The van der Waals surface area contributed by atoms with E-state index in [-0.39, 0.29) is 6.10 Å². The summed E-state index contributed by atoms with van der Waals surface area (Å²) in [5.74, 6) is 0. The van der Waals surface area contributed by atoms with Crippen molar-refractivity contribution in [3.05, 3.63) is 0 Å². The van der Waals surface area contributed by atoms with E-state index in [9.17, 15) is 5.11 Å². The summed E-state index contributed by atoms with van der Waals surface area (Å²) in [5.41, 5.74) is 0.688. The molecule has 1 saturated heterocycles. The highest BCUT2D eigenvalue weighted by molar-refractivity contribution is 4.90. The molecular formula is C14H27NO. The second-order valence-electron chi connectivity index (χ2n) is 6.08. The molecule has 0 radical (unpaired) electrons. The van der Waals surface area contributed by atoms with Gasteiger partial charge in [0.25, 0.3) is 0 Å². The van der Waals surface area contributed by atoms with Gasteiger partial charge < -0.3 is 5.11 Å². The van der Waals surface area contributed by atoms with Gasteiger partial charge >= 0.3 is 0 Å². The Morgan fingerprint density at radius 3 is 2.00 bits per heavy atom. The zero-order valence-corrected chi connectivity index (χ0v) is 10.9. The molecule has 2 rings (SSSR count). The van der Waals surface area contributed by atoms with Crippen LogP contribution in [0.5, 0.6) is 0 Å². The minimum absolute atomic E-state index is 0.194. The molecule has 0 aromatic carbocycles. The molecule has 0 aromatic rings. The maximum atomic E-state index is 9.63. The fourth-order valence-electron chi connectivity index (χ4n) is 3.51. The number of aliphatic hydroxyl groups is 1. The number of hydrogen-bond donors (Lipinski definition) is 1. The Morgan fingerprint density at radius 2 is 1.50 bits per heavy atom. The quantitative estimate of drug-likeness (QED) is 0.781. The Kier molecular flexibility index (Phi) is 3.91. The van der Waals surface area contributed by atoms with Gasteiger partial charge in [-0.3, -0.25) is 4.90 Å². The summed E-state index contributed by atoms with van der Waals surface area (Å²) in [4.78, 5) is 2.48. The van der Waals surface area contributed by atoms with Crippen molar-refractivity contribution < 1.29 is 5.11 Å². The van der Waals surface area contributed by atoms with Crippen LogP contribution in [0.15, 0.2) is 0 Å². The van der Waals surface area contributed by atoms with E-state index in [1.165, 1.54) is 58.0 Å². The van der Waals surface area contributed by atoms with Gasteiger partial charge in [0.05, 0.1) is 6.10 Å². The molecule has 0 amide bonds. The minimum Gasteiger partial charge on any atom is -0.392 e. The first-order valence-corrected chi connectivity index (χ1v) is 7.05. The topological polar surface area (TPSA) is 23.5 Å². The predicted octanol–water partition coefficient (Wildman–Crippen LogP) is 2.80. The lowest BCUT2D eigenvalue weighted by Crippen LogP contribution is -2.48. The van der Waals surface area contributed by atoms with Gasteiger partial charge in [-0.1, -0.05) is 19.3 Å². The number of likely N-dealkylation sites (tertiary alicyclic amines) is 1. The SMILES string of the molecule is CC(O)C(C)N1CCC2(CCCCC2)CC1. The molecule has 2 fully saturated rings. The summed E-state index contributed by atoms with van der Waals surface area (Å²) < 4.78 is 0. The third kappa shape index (κ3) is 2.60.